The molecule has 0 aromatic rings. The van der Waals surface area contributed by atoms with Crippen molar-refractivity contribution in [2.75, 3.05) is 13.1 Å². The van der Waals surface area contributed by atoms with Gasteiger partial charge in [0.2, 0.25) is 0 Å². The smallest absolute Gasteiger partial charge is 0.335 e. The fraction of sp³-hybridized carbons (Fsp3) is 0.900. The maximum atomic E-state index is 11.5. The van der Waals surface area contributed by atoms with Gasteiger partial charge in [0.1, 0.15) is 0 Å². The summed E-state index contributed by atoms with van der Waals surface area (Å²) in [5, 5.41) is 12.1. The van der Waals surface area contributed by atoms with Crippen LogP contribution in [0.2, 0.25) is 0 Å². The first kappa shape index (κ1) is 24.5. The van der Waals surface area contributed by atoms with Crippen molar-refractivity contribution in [3.63, 3.8) is 0 Å². The van der Waals surface area contributed by atoms with Crippen molar-refractivity contribution in [1.82, 2.24) is 10.6 Å². The molecule has 0 unspecified atom stereocenters. The number of azo groups is 1. The molecule has 0 saturated carbocycles. The summed E-state index contributed by atoms with van der Waals surface area (Å²) >= 11 is 0. The Morgan fingerprint density at radius 3 is 1.19 bits per heavy atom. The van der Waals surface area contributed by atoms with E-state index in [0.29, 0.717) is 13.1 Å². The lowest BCUT2D eigenvalue weighted by atomic mass is 10.1. The van der Waals surface area contributed by atoms with Crippen LogP contribution in [0.3, 0.4) is 0 Å². The van der Waals surface area contributed by atoms with Gasteiger partial charge in [-0.05, 0) is 12.8 Å². The Morgan fingerprint density at radius 1 is 0.538 bits per heavy atom. The summed E-state index contributed by atoms with van der Waals surface area (Å²) < 4.78 is 0. The van der Waals surface area contributed by atoms with Crippen LogP contribution in [0.15, 0.2) is 10.2 Å². The average molecular weight is 369 g/mol. The molecule has 0 bridgehead atoms. The molecule has 2 N–H and O–H groups in total. The van der Waals surface area contributed by atoms with Gasteiger partial charge in [-0.3, -0.25) is 0 Å². The van der Waals surface area contributed by atoms with Crippen LogP contribution in [0, 0.1) is 0 Å². The highest BCUT2D eigenvalue weighted by Gasteiger charge is 2.01. The molecule has 0 fully saturated rings. The summed E-state index contributed by atoms with van der Waals surface area (Å²) in [6, 6.07) is -1.08. The maximum absolute atomic E-state index is 11.5. The minimum absolute atomic E-state index is 0.540. The third-order valence-electron chi connectivity index (χ3n) is 4.34. The lowest BCUT2D eigenvalue weighted by Gasteiger charge is -2.02. The van der Waals surface area contributed by atoms with Crippen molar-refractivity contribution >= 4 is 12.1 Å². The van der Waals surface area contributed by atoms with Gasteiger partial charge in [-0.25, -0.2) is 9.59 Å². The predicted molar refractivity (Wildman–Crippen MR) is 108 cm³/mol. The predicted octanol–water partition coefficient (Wildman–Crippen LogP) is 6.36. The molecule has 152 valence electrons. The van der Waals surface area contributed by atoms with E-state index in [-0.39, 0.29) is 0 Å². The number of hydrogen-bond donors (Lipinski definition) is 2. The molecule has 0 saturated heterocycles. The van der Waals surface area contributed by atoms with E-state index in [0.717, 1.165) is 25.7 Å². The van der Waals surface area contributed by atoms with Crippen LogP contribution in [0.1, 0.15) is 104 Å². The quantitative estimate of drug-likeness (QED) is 0.245. The zero-order chi connectivity index (χ0) is 19.3. The molecule has 0 aromatic carbocycles. The summed E-state index contributed by atoms with van der Waals surface area (Å²) in [5.74, 6) is 0. The van der Waals surface area contributed by atoms with E-state index in [2.05, 4.69) is 34.7 Å². The lowest BCUT2D eigenvalue weighted by molar-refractivity contribution is 0.241. The molecule has 0 aromatic heterocycles. The van der Waals surface area contributed by atoms with Crippen molar-refractivity contribution < 1.29 is 9.59 Å². The van der Waals surface area contributed by atoms with Crippen LogP contribution in [0.4, 0.5) is 9.59 Å². The first-order chi connectivity index (χ1) is 12.7. The van der Waals surface area contributed by atoms with E-state index in [4.69, 9.17) is 0 Å². The van der Waals surface area contributed by atoms with Crippen LogP contribution in [-0.4, -0.2) is 25.2 Å². The monoisotopic (exact) mass is 368 g/mol. The number of carbonyl (C=O) groups excluding carboxylic acids is 2. The third-order valence-corrected chi connectivity index (χ3v) is 4.34. The van der Waals surface area contributed by atoms with Crippen molar-refractivity contribution in [3.05, 3.63) is 0 Å². The van der Waals surface area contributed by atoms with Crippen molar-refractivity contribution in [2.45, 2.75) is 104 Å². The molecule has 0 aliphatic heterocycles. The summed E-state index contributed by atoms with van der Waals surface area (Å²) in [5.41, 5.74) is 0. The molecule has 26 heavy (non-hydrogen) atoms. The summed E-state index contributed by atoms with van der Waals surface area (Å²) in [4.78, 5) is 22.9. The fourth-order valence-electron chi connectivity index (χ4n) is 2.72. The molecule has 0 atom stereocenters. The van der Waals surface area contributed by atoms with Gasteiger partial charge in [-0.15, -0.1) is 0 Å². The number of hydrogen-bond acceptors (Lipinski definition) is 2. The third kappa shape index (κ3) is 18.9. The molecule has 0 radical (unpaired) electrons. The van der Waals surface area contributed by atoms with Gasteiger partial charge in [-0.2, -0.15) is 0 Å². The zero-order valence-electron chi connectivity index (χ0n) is 17.0. The molecule has 4 amide bonds. The van der Waals surface area contributed by atoms with Crippen LogP contribution in [-0.2, 0) is 0 Å². The highest BCUT2D eigenvalue weighted by atomic mass is 16.2. The Morgan fingerprint density at radius 2 is 0.846 bits per heavy atom. The topological polar surface area (TPSA) is 82.9 Å². The first-order valence-corrected chi connectivity index (χ1v) is 10.7. The number of unbranched alkanes of at least 4 members (excludes halogenated alkanes) is 12. The molecule has 0 aliphatic carbocycles. The van der Waals surface area contributed by atoms with E-state index in [1.807, 2.05) is 0 Å². The highest BCUT2D eigenvalue weighted by Crippen LogP contribution is 2.07. The van der Waals surface area contributed by atoms with Crippen molar-refractivity contribution in [2.24, 2.45) is 10.2 Å². The van der Waals surface area contributed by atoms with Gasteiger partial charge in [0.25, 0.3) is 0 Å². The Balaban J connectivity index is 3.45. The Hall–Kier alpha value is -1.46. The van der Waals surface area contributed by atoms with E-state index in [9.17, 15) is 9.59 Å². The minimum Gasteiger partial charge on any atom is -0.335 e. The largest absolute Gasteiger partial charge is 0.359 e. The van der Waals surface area contributed by atoms with Gasteiger partial charge in [0, 0.05) is 13.1 Å². The standard InChI is InChI=1S/C20H40N4O2/c1-3-5-7-9-11-13-15-17-21-19(25)23-24-20(26)22-18-16-14-12-10-8-6-4-2/h3-18H2,1-2H3,(H,21,25)(H,22,26). The van der Waals surface area contributed by atoms with Gasteiger partial charge in [-0.1, -0.05) is 101 Å². The van der Waals surface area contributed by atoms with Crippen molar-refractivity contribution in [1.29, 1.82) is 0 Å². The van der Waals surface area contributed by atoms with E-state index < -0.39 is 12.1 Å². The van der Waals surface area contributed by atoms with Crippen molar-refractivity contribution in [3.8, 4) is 0 Å². The van der Waals surface area contributed by atoms with Crippen LogP contribution in [0.5, 0.6) is 0 Å². The number of nitrogens with zero attached hydrogens (tertiary/aromatic N) is 2. The highest BCUT2D eigenvalue weighted by molar-refractivity contribution is 5.79. The van der Waals surface area contributed by atoms with Gasteiger partial charge >= 0.3 is 12.1 Å². The molecule has 0 aliphatic rings. The maximum Gasteiger partial charge on any atom is 0.359 e. The van der Waals surface area contributed by atoms with Crippen LogP contribution < -0.4 is 10.6 Å². The Kier molecular flexibility index (Phi) is 18.7. The van der Waals surface area contributed by atoms with E-state index in [1.54, 1.807) is 0 Å². The van der Waals surface area contributed by atoms with Crippen LogP contribution in [0.25, 0.3) is 0 Å². The molecular weight excluding hydrogens is 328 g/mol. The molecular formula is C20H40N4O2. The Bertz CT molecular complexity index is 339. The SMILES string of the molecule is CCCCCCCCCNC(=O)N=NC(=O)NCCCCCCCCC. The second-order valence-electron chi connectivity index (χ2n) is 6.91. The number of amides is 4. The Labute approximate surface area is 160 Å². The first-order valence-electron chi connectivity index (χ1n) is 10.7. The number of nitrogens with one attached hydrogen (secondary N) is 2. The second-order valence-corrected chi connectivity index (χ2v) is 6.91. The minimum atomic E-state index is -0.540. The molecule has 6 heteroatoms. The van der Waals surface area contributed by atoms with E-state index in [1.165, 1.54) is 64.2 Å². The number of urea groups is 2. The van der Waals surface area contributed by atoms with Gasteiger partial charge in [0.05, 0.1) is 0 Å². The summed E-state index contributed by atoms with van der Waals surface area (Å²) in [6.07, 6.45) is 16.8. The van der Waals surface area contributed by atoms with Gasteiger partial charge < -0.3 is 10.6 Å². The molecule has 0 rings (SSSR count). The molecule has 0 heterocycles. The normalized spacial score (nSPS) is 11.0. The number of carbonyl (C=O) groups is 2. The number of rotatable bonds is 16. The average Bonchev–Trinajstić information content (AvgIpc) is 2.64. The fourth-order valence-corrected chi connectivity index (χ4v) is 2.72. The van der Waals surface area contributed by atoms with Gasteiger partial charge in [0.15, 0.2) is 0 Å². The summed E-state index contributed by atoms with van der Waals surface area (Å²) in [6.45, 7) is 5.59. The molecule has 6 nitrogen and oxygen atoms in total. The lowest BCUT2D eigenvalue weighted by Crippen LogP contribution is -2.23. The van der Waals surface area contributed by atoms with Crippen LogP contribution >= 0.6 is 0 Å². The zero-order valence-corrected chi connectivity index (χ0v) is 17.0. The molecule has 0 spiro atoms. The summed E-state index contributed by atoms with van der Waals surface area (Å²) in [7, 11) is 0. The second kappa shape index (κ2) is 19.9. The van der Waals surface area contributed by atoms with E-state index >= 15 is 0 Å².